The zero-order valence-corrected chi connectivity index (χ0v) is 11.4. The van der Waals surface area contributed by atoms with E-state index in [4.69, 9.17) is 0 Å². The lowest BCUT2D eigenvalue weighted by atomic mass is 10.1. The van der Waals surface area contributed by atoms with E-state index in [1.165, 1.54) is 6.33 Å². The van der Waals surface area contributed by atoms with Gasteiger partial charge in [0.05, 0.1) is 6.54 Å². The largest absolute Gasteiger partial charge is 0.479 e. The van der Waals surface area contributed by atoms with Crippen LogP contribution in [0.5, 0.6) is 0 Å². The second-order valence-electron chi connectivity index (χ2n) is 4.37. The molecule has 0 aliphatic rings. The monoisotopic (exact) mass is 289 g/mol. The maximum absolute atomic E-state index is 11.8. The summed E-state index contributed by atoms with van der Waals surface area (Å²) in [5, 5.41) is 21.7. The number of amides is 2. The fraction of sp³-hybridized carbons (Fsp3) is 0.231. The van der Waals surface area contributed by atoms with Crippen molar-refractivity contribution in [3.05, 3.63) is 48.0 Å². The number of aromatic nitrogens is 3. The fourth-order valence-corrected chi connectivity index (χ4v) is 1.74. The van der Waals surface area contributed by atoms with Gasteiger partial charge in [0.15, 0.2) is 11.9 Å². The molecule has 1 aromatic carbocycles. The third-order valence-corrected chi connectivity index (χ3v) is 2.87. The molecule has 0 radical (unpaired) electrons. The van der Waals surface area contributed by atoms with Gasteiger partial charge in [0.25, 0.3) is 0 Å². The highest BCUT2D eigenvalue weighted by atomic mass is 16.4. The number of nitrogens with zero attached hydrogens (tertiary/aromatic N) is 3. The fourth-order valence-electron chi connectivity index (χ4n) is 1.74. The van der Waals surface area contributed by atoms with Crippen molar-refractivity contribution in [1.29, 1.82) is 0 Å². The van der Waals surface area contributed by atoms with Crippen LogP contribution in [0, 0.1) is 0 Å². The van der Waals surface area contributed by atoms with Gasteiger partial charge in [-0.05, 0) is 5.56 Å². The molecule has 2 rings (SSSR count). The average molecular weight is 289 g/mol. The molecule has 1 aromatic heterocycles. The maximum atomic E-state index is 11.8. The molecule has 0 saturated carbocycles. The Hall–Kier alpha value is -2.90. The van der Waals surface area contributed by atoms with Gasteiger partial charge in [0.2, 0.25) is 0 Å². The number of carboxylic acids is 1. The molecule has 3 N–H and O–H groups in total. The Kier molecular flexibility index (Phi) is 4.50. The molecule has 0 aliphatic heterocycles. The first kappa shape index (κ1) is 14.5. The number of nitrogens with one attached hydrogen (secondary N) is 2. The van der Waals surface area contributed by atoms with Gasteiger partial charge in [0, 0.05) is 7.05 Å². The summed E-state index contributed by atoms with van der Waals surface area (Å²) >= 11 is 0. The molecule has 2 amide bonds. The number of carboxylic acid groups (broad SMARTS) is 1. The van der Waals surface area contributed by atoms with Crippen LogP contribution in [0.15, 0.2) is 36.7 Å². The molecule has 8 nitrogen and oxygen atoms in total. The maximum Gasteiger partial charge on any atom is 0.330 e. The predicted octanol–water partition coefficient (Wildman–Crippen LogP) is 0.440. The molecule has 0 spiro atoms. The van der Waals surface area contributed by atoms with Crippen molar-refractivity contribution in [1.82, 2.24) is 25.4 Å². The molecule has 21 heavy (non-hydrogen) atoms. The standard InChI is InChI=1S/C13H15N5O3/c1-18-8-15-17-10(18)7-14-13(21)16-11(12(19)20)9-5-3-2-4-6-9/h2-6,8,11H,7H2,1H3,(H,19,20)(H2,14,16,21)/t11-/m1/s1. The SMILES string of the molecule is Cn1cnnc1CNC(=O)N[C@@H](C(=O)O)c1ccccc1. The van der Waals surface area contributed by atoms with Crippen LogP contribution in [0.4, 0.5) is 4.79 Å². The Morgan fingerprint density at radius 1 is 1.33 bits per heavy atom. The van der Waals surface area contributed by atoms with E-state index in [0.717, 1.165) is 0 Å². The third kappa shape index (κ3) is 3.78. The van der Waals surface area contributed by atoms with Crippen molar-refractivity contribution in [3.8, 4) is 0 Å². The number of benzene rings is 1. The second kappa shape index (κ2) is 6.51. The van der Waals surface area contributed by atoms with Crippen LogP contribution >= 0.6 is 0 Å². The normalized spacial score (nSPS) is 11.7. The number of carbonyl (C=O) groups is 2. The topological polar surface area (TPSA) is 109 Å². The van der Waals surface area contributed by atoms with E-state index in [1.54, 1.807) is 41.9 Å². The molecule has 0 unspecified atom stereocenters. The summed E-state index contributed by atoms with van der Waals surface area (Å²) in [5.74, 6) is -0.563. The average Bonchev–Trinajstić information content (AvgIpc) is 2.88. The summed E-state index contributed by atoms with van der Waals surface area (Å²) < 4.78 is 1.66. The van der Waals surface area contributed by atoms with Crippen molar-refractivity contribution in [2.45, 2.75) is 12.6 Å². The van der Waals surface area contributed by atoms with E-state index in [-0.39, 0.29) is 6.54 Å². The van der Waals surface area contributed by atoms with Crippen LogP contribution in [-0.4, -0.2) is 31.9 Å². The van der Waals surface area contributed by atoms with Crippen molar-refractivity contribution in [2.75, 3.05) is 0 Å². The Bertz CT molecular complexity index is 626. The lowest BCUT2D eigenvalue weighted by molar-refractivity contribution is -0.139. The van der Waals surface area contributed by atoms with E-state index in [0.29, 0.717) is 11.4 Å². The summed E-state index contributed by atoms with van der Waals surface area (Å²) in [6, 6.07) is 6.79. The Morgan fingerprint density at radius 3 is 2.62 bits per heavy atom. The van der Waals surface area contributed by atoms with Gasteiger partial charge < -0.3 is 20.3 Å². The Morgan fingerprint density at radius 2 is 2.05 bits per heavy atom. The Balaban J connectivity index is 1.96. The van der Waals surface area contributed by atoms with E-state index in [1.807, 2.05) is 0 Å². The van der Waals surface area contributed by atoms with Crippen LogP contribution in [0.1, 0.15) is 17.4 Å². The van der Waals surface area contributed by atoms with E-state index in [9.17, 15) is 14.7 Å². The van der Waals surface area contributed by atoms with Gasteiger partial charge in [-0.3, -0.25) is 0 Å². The molecule has 1 heterocycles. The van der Waals surface area contributed by atoms with Crippen LogP contribution in [0.3, 0.4) is 0 Å². The minimum Gasteiger partial charge on any atom is -0.479 e. The van der Waals surface area contributed by atoms with Gasteiger partial charge in [-0.1, -0.05) is 30.3 Å². The molecule has 110 valence electrons. The number of aryl methyl sites for hydroxylation is 1. The van der Waals surface area contributed by atoms with E-state index < -0.39 is 18.0 Å². The molecule has 8 heteroatoms. The molecule has 1 atom stereocenters. The van der Waals surface area contributed by atoms with Gasteiger partial charge in [-0.2, -0.15) is 0 Å². The first-order chi connectivity index (χ1) is 10.1. The van der Waals surface area contributed by atoms with E-state index >= 15 is 0 Å². The lowest BCUT2D eigenvalue weighted by Crippen LogP contribution is -2.40. The first-order valence-electron chi connectivity index (χ1n) is 6.23. The minimum atomic E-state index is -1.13. The zero-order valence-electron chi connectivity index (χ0n) is 11.4. The highest BCUT2D eigenvalue weighted by Gasteiger charge is 2.21. The predicted molar refractivity (Wildman–Crippen MR) is 73.2 cm³/mol. The van der Waals surface area contributed by atoms with E-state index in [2.05, 4.69) is 20.8 Å². The van der Waals surface area contributed by atoms with Crippen LogP contribution < -0.4 is 10.6 Å². The zero-order chi connectivity index (χ0) is 15.2. The smallest absolute Gasteiger partial charge is 0.330 e. The second-order valence-corrected chi connectivity index (χ2v) is 4.37. The van der Waals surface area contributed by atoms with Crippen molar-refractivity contribution < 1.29 is 14.7 Å². The number of aliphatic carboxylic acids is 1. The molecule has 0 bridgehead atoms. The number of carbonyl (C=O) groups excluding carboxylic acids is 1. The summed E-state index contributed by atoms with van der Waals surface area (Å²) in [5.41, 5.74) is 0.499. The van der Waals surface area contributed by atoms with Gasteiger partial charge in [-0.25, -0.2) is 9.59 Å². The van der Waals surface area contributed by atoms with Crippen LogP contribution in [0.25, 0.3) is 0 Å². The lowest BCUT2D eigenvalue weighted by Gasteiger charge is -2.15. The third-order valence-electron chi connectivity index (χ3n) is 2.87. The van der Waals surface area contributed by atoms with Crippen molar-refractivity contribution in [3.63, 3.8) is 0 Å². The van der Waals surface area contributed by atoms with Crippen molar-refractivity contribution in [2.24, 2.45) is 7.05 Å². The first-order valence-corrected chi connectivity index (χ1v) is 6.23. The minimum absolute atomic E-state index is 0.156. The Labute approximate surface area is 120 Å². The summed E-state index contributed by atoms with van der Waals surface area (Å²) in [4.78, 5) is 23.0. The molecular formula is C13H15N5O3. The molecule has 0 fully saturated rings. The summed E-state index contributed by atoms with van der Waals surface area (Å²) in [6.45, 7) is 0.156. The van der Waals surface area contributed by atoms with Gasteiger partial charge >= 0.3 is 12.0 Å². The molecule has 2 aromatic rings. The number of hydrogen-bond acceptors (Lipinski definition) is 4. The summed E-state index contributed by atoms with van der Waals surface area (Å²) in [6.07, 6.45) is 1.51. The van der Waals surface area contributed by atoms with Gasteiger partial charge in [0.1, 0.15) is 6.33 Å². The number of rotatable bonds is 5. The van der Waals surface area contributed by atoms with Crippen molar-refractivity contribution >= 4 is 12.0 Å². The highest BCUT2D eigenvalue weighted by Crippen LogP contribution is 2.12. The molecule has 0 aliphatic carbocycles. The highest BCUT2D eigenvalue weighted by molar-refractivity contribution is 5.83. The molecular weight excluding hydrogens is 274 g/mol. The number of hydrogen-bond donors (Lipinski definition) is 3. The summed E-state index contributed by atoms with van der Waals surface area (Å²) in [7, 11) is 1.75. The quantitative estimate of drug-likeness (QED) is 0.740. The van der Waals surface area contributed by atoms with Gasteiger partial charge in [-0.15, -0.1) is 10.2 Å². The van der Waals surface area contributed by atoms with Crippen LogP contribution in [0.2, 0.25) is 0 Å². The van der Waals surface area contributed by atoms with Crippen LogP contribution in [-0.2, 0) is 18.4 Å². The molecule has 0 saturated heterocycles. The number of urea groups is 1.